The van der Waals surface area contributed by atoms with Gasteiger partial charge < -0.3 is 4.90 Å². The first kappa shape index (κ1) is 13.9. The van der Waals surface area contributed by atoms with Gasteiger partial charge in [-0.15, -0.1) is 5.10 Å². The SMILES string of the molecule is CN(C(=O)c1cccc(-c2nnnn2C)c1)c1ccccc1. The van der Waals surface area contributed by atoms with Crippen LogP contribution in [0.3, 0.4) is 0 Å². The van der Waals surface area contributed by atoms with E-state index in [9.17, 15) is 4.79 Å². The van der Waals surface area contributed by atoms with Gasteiger partial charge >= 0.3 is 0 Å². The predicted molar refractivity (Wildman–Crippen MR) is 83.4 cm³/mol. The van der Waals surface area contributed by atoms with E-state index < -0.39 is 0 Å². The number of rotatable bonds is 3. The lowest BCUT2D eigenvalue weighted by Gasteiger charge is -2.17. The van der Waals surface area contributed by atoms with Crippen molar-refractivity contribution in [3.05, 3.63) is 60.2 Å². The second kappa shape index (κ2) is 5.77. The monoisotopic (exact) mass is 293 g/mol. The van der Waals surface area contributed by atoms with Crippen molar-refractivity contribution in [3.63, 3.8) is 0 Å². The van der Waals surface area contributed by atoms with Gasteiger partial charge in [0.05, 0.1) is 0 Å². The van der Waals surface area contributed by atoms with E-state index in [0.29, 0.717) is 11.4 Å². The van der Waals surface area contributed by atoms with Crippen LogP contribution in [0.4, 0.5) is 5.69 Å². The third-order valence-electron chi connectivity index (χ3n) is 3.44. The van der Waals surface area contributed by atoms with Crippen molar-refractivity contribution >= 4 is 11.6 Å². The van der Waals surface area contributed by atoms with Crippen LogP contribution in [-0.2, 0) is 7.05 Å². The van der Waals surface area contributed by atoms with Crippen LogP contribution in [0, 0.1) is 0 Å². The van der Waals surface area contributed by atoms with Crippen LogP contribution < -0.4 is 4.90 Å². The van der Waals surface area contributed by atoms with E-state index in [0.717, 1.165) is 11.3 Å². The van der Waals surface area contributed by atoms with Crippen molar-refractivity contribution in [1.29, 1.82) is 0 Å². The molecule has 2 aromatic carbocycles. The van der Waals surface area contributed by atoms with Gasteiger partial charge in [-0.2, -0.15) is 0 Å². The summed E-state index contributed by atoms with van der Waals surface area (Å²) in [6.45, 7) is 0. The summed E-state index contributed by atoms with van der Waals surface area (Å²) in [6, 6.07) is 16.8. The number of amides is 1. The number of carbonyl (C=O) groups excluding carboxylic acids is 1. The molecule has 0 aliphatic heterocycles. The molecular weight excluding hydrogens is 278 g/mol. The maximum Gasteiger partial charge on any atom is 0.258 e. The first-order valence-corrected chi connectivity index (χ1v) is 6.83. The quantitative estimate of drug-likeness (QED) is 0.742. The van der Waals surface area contributed by atoms with Crippen molar-refractivity contribution in [2.45, 2.75) is 0 Å². The number of para-hydroxylation sites is 1. The molecule has 1 amide bonds. The number of benzene rings is 2. The van der Waals surface area contributed by atoms with E-state index in [2.05, 4.69) is 15.5 Å². The fourth-order valence-electron chi connectivity index (χ4n) is 2.23. The molecule has 0 atom stereocenters. The van der Waals surface area contributed by atoms with Crippen molar-refractivity contribution in [2.24, 2.45) is 7.05 Å². The smallest absolute Gasteiger partial charge is 0.258 e. The number of anilines is 1. The molecule has 0 unspecified atom stereocenters. The van der Waals surface area contributed by atoms with Gasteiger partial charge in [0.15, 0.2) is 5.82 Å². The zero-order chi connectivity index (χ0) is 15.5. The molecule has 0 saturated heterocycles. The highest BCUT2D eigenvalue weighted by atomic mass is 16.2. The number of hydrogen-bond donors (Lipinski definition) is 0. The molecule has 0 saturated carbocycles. The average molecular weight is 293 g/mol. The Morgan fingerprint density at radius 3 is 2.55 bits per heavy atom. The minimum atomic E-state index is -0.0804. The lowest BCUT2D eigenvalue weighted by atomic mass is 10.1. The number of tetrazole rings is 1. The summed E-state index contributed by atoms with van der Waals surface area (Å²) in [6.07, 6.45) is 0. The predicted octanol–water partition coefficient (Wildman–Crippen LogP) is 2.15. The van der Waals surface area contributed by atoms with Gasteiger partial charge in [-0.3, -0.25) is 4.79 Å². The van der Waals surface area contributed by atoms with Crippen LogP contribution in [0.2, 0.25) is 0 Å². The Kier molecular flexibility index (Phi) is 3.65. The van der Waals surface area contributed by atoms with E-state index in [1.807, 2.05) is 42.5 Å². The van der Waals surface area contributed by atoms with Crippen molar-refractivity contribution < 1.29 is 4.79 Å². The summed E-state index contributed by atoms with van der Waals surface area (Å²) in [5.41, 5.74) is 2.24. The maximum atomic E-state index is 12.6. The molecule has 110 valence electrons. The normalized spacial score (nSPS) is 10.5. The lowest BCUT2D eigenvalue weighted by molar-refractivity contribution is 0.0993. The number of nitrogens with zero attached hydrogens (tertiary/aromatic N) is 5. The van der Waals surface area contributed by atoms with E-state index in [1.54, 1.807) is 35.8 Å². The Hall–Kier alpha value is -3.02. The molecule has 0 aliphatic rings. The zero-order valence-corrected chi connectivity index (χ0v) is 12.3. The van der Waals surface area contributed by atoms with Crippen LogP contribution in [0.5, 0.6) is 0 Å². The molecule has 0 bridgehead atoms. The van der Waals surface area contributed by atoms with Crippen molar-refractivity contribution in [2.75, 3.05) is 11.9 Å². The molecule has 6 heteroatoms. The van der Waals surface area contributed by atoms with Crippen LogP contribution in [0.1, 0.15) is 10.4 Å². The first-order chi connectivity index (χ1) is 10.7. The third-order valence-corrected chi connectivity index (χ3v) is 3.44. The molecule has 0 fully saturated rings. The summed E-state index contributed by atoms with van der Waals surface area (Å²) in [7, 11) is 3.52. The molecule has 0 spiro atoms. The van der Waals surface area contributed by atoms with Crippen molar-refractivity contribution in [1.82, 2.24) is 20.2 Å². The minimum Gasteiger partial charge on any atom is -0.311 e. The van der Waals surface area contributed by atoms with Gasteiger partial charge in [-0.1, -0.05) is 30.3 Å². The molecule has 0 radical (unpaired) electrons. The highest BCUT2D eigenvalue weighted by molar-refractivity contribution is 6.06. The summed E-state index contributed by atoms with van der Waals surface area (Å²) in [4.78, 5) is 14.2. The molecule has 0 aliphatic carbocycles. The highest BCUT2D eigenvalue weighted by Gasteiger charge is 2.15. The summed E-state index contributed by atoms with van der Waals surface area (Å²) < 4.78 is 1.57. The van der Waals surface area contributed by atoms with Crippen LogP contribution >= 0.6 is 0 Å². The number of aromatic nitrogens is 4. The fourth-order valence-corrected chi connectivity index (χ4v) is 2.23. The summed E-state index contributed by atoms with van der Waals surface area (Å²) in [5, 5.41) is 11.4. The highest BCUT2D eigenvalue weighted by Crippen LogP contribution is 2.19. The van der Waals surface area contributed by atoms with Crippen LogP contribution in [0.25, 0.3) is 11.4 Å². The van der Waals surface area contributed by atoms with E-state index in [4.69, 9.17) is 0 Å². The van der Waals surface area contributed by atoms with E-state index in [1.165, 1.54) is 0 Å². The lowest BCUT2D eigenvalue weighted by Crippen LogP contribution is -2.26. The standard InChI is InChI=1S/C16H15N5O/c1-20(14-9-4-3-5-10-14)16(22)13-8-6-7-12(11-13)15-17-18-19-21(15)2/h3-11H,1-2H3. The molecule has 6 nitrogen and oxygen atoms in total. The minimum absolute atomic E-state index is 0.0804. The average Bonchev–Trinajstić information content (AvgIpc) is 3.00. The van der Waals surface area contributed by atoms with Gasteiger partial charge in [0, 0.05) is 30.9 Å². The summed E-state index contributed by atoms with van der Waals surface area (Å²) in [5.74, 6) is 0.542. The second-order valence-corrected chi connectivity index (χ2v) is 4.91. The molecule has 3 aromatic rings. The summed E-state index contributed by atoms with van der Waals surface area (Å²) >= 11 is 0. The molecule has 22 heavy (non-hydrogen) atoms. The Labute approximate surface area is 128 Å². The Bertz CT molecular complexity index is 797. The van der Waals surface area contributed by atoms with Gasteiger partial charge in [0.25, 0.3) is 5.91 Å². The first-order valence-electron chi connectivity index (χ1n) is 6.83. The Balaban J connectivity index is 1.92. The van der Waals surface area contributed by atoms with E-state index in [-0.39, 0.29) is 5.91 Å². The topological polar surface area (TPSA) is 63.9 Å². The van der Waals surface area contributed by atoms with Crippen LogP contribution in [0.15, 0.2) is 54.6 Å². The van der Waals surface area contributed by atoms with Gasteiger partial charge in [-0.25, -0.2) is 4.68 Å². The molecule has 0 N–H and O–H groups in total. The number of hydrogen-bond acceptors (Lipinski definition) is 4. The fraction of sp³-hybridized carbons (Fsp3) is 0.125. The molecule has 3 rings (SSSR count). The van der Waals surface area contributed by atoms with Gasteiger partial charge in [-0.05, 0) is 34.7 Å². The maximum absolute atomic E-state index is 12.6. The Morgan fingerprint density at radius 2 is 1.86 bits per heavy atom. The second-order valence-electron chi connectivity index (χ2n) is 4.91. The van der Waals surface area contributed by atoms with E-state index >= 15 is 0 Å². The molecule has 1 heterocycles. The molecule has 1 aromatic heterocycles. The number of aryl methyl sites for hydroxylation is 1. The van der Waals surface area contributed by atoms with Gasteiger partial charge in [0.2, 0.25) is 0 Å². The Morgan fingerprint density at radius 1 is 1.09 bits per heavy atom. The van der Waals surface area contributed by atoms with Crippen molar-refractivity contribution in [3.8, 4) is 11.4 Å². The largest absolute Gasteiger partial charge is 0.311 e. The molecular formula is C16H15N5O. The van der Waals surface area contributed by atoms with Crippen LogP contribution in [-0.4, -0.2) is 33.2 Å². The third kappa shape index (κ3) is 2.58. The van der Waals surface area contributed by atoms with Gasteiger partial charge in [0.1, 0.15) is 0 Å². The number of carbonyl (C=O) groups is 1. The zero-order valence-electron chi connectivity index (χ0n) is 12.3.